The lowest BCUT2D eigenvalue weighted by atomic mass is 10.1. The summed E-state index contributed by atoms with van der Waals surface area (Å²) < 4.78 is 4.27. The number of benzene rings is 2. The number of nitrogens with two attached hydrogens (primary N) is 2. The Bertz CT molecular complexity index is 507. The second-order valence-corrected chi connectivity index (χ2v) is 3.68. The summed E-state index contributed by atoms with van der Waals surface area (Å²) in [6.07, 6.45) is 0.316. The second kappa shape index (κ2) is 7.29. The van der Waals surface area contributed by atoms with E-state index in [0.717, 1.165) is 11.1 Å². The number of fused-ring (bicyclic) bond motifs is 1. The van der Waals surface area contributed by atoms with Gasteiger partial charge in [-0.3, -0.25) is 4.79 Å². The quantitative estimate of drug-likeness (QED) is 0.627. The molecule has 4 N–H and O–H groups in total. The second-order valence-electron chi connectivity index (χ2n) is 3.68. The van der Waals surface area contributed by atoms with Crippen LogP contribution in [0.2, 0.25) is 0 Å². The molecule has 0 bridgehead atoms. The molecule has 2 aromatic rings. The molecule has 0 aromatic heterocycles. The standard InChI is InChI=1S/C10H9N.C4H9NO2/c11-10-7-3-5-8-4-1-2-6-9(8)10;1-7-4(6)2-3-5/h1-7H,11H2;2-3,5H2,1H3. The van der Waals surface area contributed by atoms with Crippen molar-refractivity contribution in [2.75, 3.05) is 19.4 Å². The molecule has 4 nitrogen and oxygen atoms in total. The number of methoxy groups -OCH3 is 1. The Morgan fingerprint density at radius 3 is 2.39 bits per heavy atom. The van der Waals surface area contributed by atoms with Crippen molar-refractivity contribution in [1.82, 2.24) is 0 Å². The van der Waals surface area contributed by atoms with Crippen LogP contribution in [0.5, 0.6) is 0 Å². The summed E-state index contributed by atoms with van der Waals surface area (Å²) in [5.74, 6) is -0.248. The van der Waals surface area contributed by atoms with Crippen LogP contribution in [0.3, 0.4) is 0 Å². The Morgan fingerprint density at radius 2 is 1.83 bits per heavy atom. The number of carbonyl (C=O) groups is 1. The van der Waals surface area contributed by atoms with E-state index in [1.807, 2.05) is 30.3 Å². The monoisotopic (exact) mass is 246 g/mol. The highest BCUT2D eigenvalue weighted by atomic mass is 16.5. The van der Waals surface area contributed by atoms with Gasteiger partial charge in [-0.2, -0.15) is 0 Å². The van der Waals surface area contributed by atoms with Gasteiger partial charge in [-0.15, -0.1) is 0 Å². The zero-order valence-corrected chi connectivity index (χ0v) is 10.4. The zero-order chi connectivity index (χ0) is 13.4. The first-order valence-corrected chi connectivity index (χ1v) is 5.69. The first kappa shape index (κ1) is 14.0. The van der Waals surface area contributed by atoms with Crippen LogP contribution in [0.1, 0.15) is 6.42 Å². The molecular weight excluding hydrogens is 228 g/mol. The topological polar surface area (TPSA) is 78.3 Å². The van der Waals surface area contributed by atoms with E-state index in [4.69, 9.17) is 11.5 Å². The maximum atomic E-state index is 10.1. The first-order chi connectivity index (χ1) is 8.69. The molecule has 0 saturated carbocycles. The van der Waals surface area contributed by atoms with Crippen LogP contribution >= 0.6 is 0 Å². The predicted molar refractivity (Wildman–Crippen MR) is 74.0 cm³/mol. The maximum absolute atomic E-state index is 10.1. The van der Waals surface area contributed by atoms with E-state index in [9.17, 15) is 4.79 Å². The molecule has 0 amide bonds. The summed E-state index contributed by atoms with van der Waals surface area (Å²) in [7, 11) is 1.35. The van der Waals surface area contributed by atoms with Crippen LogP contribution in [0, 0.1) is 0 Å². The minimum absolute atomic E-state index is 0.248. The summed E-state index contributed by atoms with van der Waals surface area (Å²) in [4.78, 5) is 10.1. The van der Waals surface area contributed by atoms with Gasteiger partial charge >= 0.3 is 5.97 Å². The van der Waals surface area contributed by atoms with Gasteiger partial charge in [-0.25, -0.2) is 0 Å². The third-order valence-corrected chi connectivity index (χ3v) is 2.40. The normalized spacial score (nSPS) is 9.44. The van der Waals surface area contributed by atoms with Crippen LogP contribution < -0.4 is 11.5 Å². The highest BCUT2D eigenvalue weighted by Crippen LogP contribution is 2.19. The van der Waals surface area contributed by atoms with Crippen molar-refractivity contribution in [1.29, 1.82) is 0 Å². The number of anilines is 1. The lowest BCUT2D eigenvalue weighted by Crippen LogP contribution is -2.08. The summed E-state index contributed by atoms with van der Waals surface area (Å²) in [6, 6.07) is 14.1. The van der Waals surface area contributed by atoms with E-state index < -0.39 is 0 Å². The van der Waals surface area contributed by atoms with E-state index in [1.165, 1.54) is 12.5 Å². The van der Waals surface area contributed by atoms with Gasteiger partial charge in [0.05, 0.1) is 13.5 Å². The third kappa shape index (κ3) is 4.07. The highest BCUT2D eigenvalue weighted by molar-refractivity contribution is 5.92. The van der Waals surface area contributed by atoms with Crippen LogP contribution in [0.15, 0.2) is 42.5 Å². The smallest absolute Gasteiger partial charge is 0.306 e. The van der Waals surface area contributed by atoms with Gasteiger partial charge < -0.3 is 16.2 Å². The van der Waals surface area contributed by atoms with Crippen LogP contribution in [-0.2, 0) is 9.53 Å². The van der Waals surface area contributed by atoms with Gasteiger partial charge in [0.15, 0.2) is 0 Å². The lowest BCUT2D eigenvalue weighted by molar-refractivity contribution is -0.140. The molecule has 96 valence electrons. The number of rotatable bonds is 2. The number of hydrogen-bond donors (Lipinski definition) is 2. The number of hydrogen-bond acceptors (Lipinski definition) is 4. The summed E-state index contributed by atoms with van der Waals surface area (Å²) in [5.41, 5.74) is 11.6. The van der Waals surface area contributed by atoms with Gasteiger partial charge in [0.1, 0.15) is 0 Å². The molecule has 0 fully saturated rings. The van der Waals surface area contributed by atoms with E-state index in [1.54, 1.807) is 0 Å². The van der Waals surface area contributed by atoms with Gasteiger partial charge in [0.25, 0.3) is 0 Å². The largest absolute Gasteiger partial charge is 0.469 e. The van der Waals surface area contributed by atoms with Crippen molar-refractivity contribution in [2.45, 2.75) is 6.42 Å². The Kier molecular flexibility index (Phi) is 5.67. The lowest BCUT2D eigenvalue weighted by Gasteiger charge is -1.98. The highest BCUT2D eigenvalue weighted by Gasteiger charge is 1.93. The van der Waals surface area contributed by atoms with Crippen molar-refractivity contribution in [2.24, 2.45) is 5.73 Å². The van der Waals surface area contributed by atoms with E-state index >= 15 is 0 Å². The van der Waals surface area contributed by atoms with Crippen molar-refractivity contribution >= 4 is 22.4 Å². The molecule has 0 heterocycles. The number of ether oxygens (including phenoxy) is 1. The van der Waals surface area contributed by atoms with Crippen molar-refractivity contribution in [3.63, 3.8) is 0 Å². The fourth-order valence-corrected chi connectivity index (χ4v) is 1.47. The summed E-state index contributed by atoms with van der Waals surface area (Å²) in [5, 5.41) is 2.34. The minimum atomic E-state index is -0.248. The number of carbonyl (C=O) groups excluding carboxylic acids is 1. The molecule has 2 rings (SSSR count). The van der Waals surface area contributed by atoms with Gasteiger partial charge in [0.2, 0.25) is 0 Å². The molecule has 0 spiro atoms. The van der Waals surface area contributed by atoms with E-state index in [2.05, 4.69) is 16.9 Å². The van der Waals surface area contributed by atoms with Crippen LogP contribution in [-0.4, -0.2) is 19.6 Å². The number of nitrogen functional groups attached to an aromatic ring is 1. The van der Waals surface area contributed by atoms with Crippen molar-refractivity contribution < 1.29 is 9.53 Å². The molecule has 0 radical (unpaired) electrons. The van der Waals surface area contributed by atoms with Gasteiger partial charge in [-0.05, 0) is 11.5 Å². The van der Waals surface area contributed by atoms with Crippen LogP contribution in [0.4, 0.5) is 5.69 Å². The van der Waals surface area contributed by atoms with Crippen molar-refractivity contribution in [3.05, 3.63) is 42.5 Å². The van der Waals surface area contributed by atoms with E-state index in [0.29, 0.717) is 13.0 Å². The van der Waals surface area contributed by atoms with Gasteiger partial charge in [-0.1, -0.05) is 36.4 Å². The maximum Gasteiger partial charge on any atom is 0.306 e. The Morgan fingerprint density at radius 1 is 1.17 bits per heavy atom. The fourth-order valence-electron chi connectivity index (χ4n) is 1.47. The SMILES string of the molecule is COC(=O)CCN.Nc1cccc2ccccc12. The summed E-state index contributed by atoms with van der Waals surface area (Å²) in [6.45, 7) is 0.368. The minimum Gasteiger partial charge on any atom is -0.469 e. The van der Waals surface area contributed by atoms with Gasteiger partial charge in [0, 0.05) is 17.6 Å². The average molecular weight is 246 g/mol. The van der Waals surface area contributed by atoms with Crippen molar-refractivity contribution in [3.8, 4) is 0 Å². The number of esters is 1. The molecule has 4 heteroatoms. The molecule has 0 aliphatic rings. The molecular formula is C14H18N2O2. The summed E-state index contributed by atoms with van der Waals surface area (Å²) >= 11 is 0. The molecule has 2 aromatic carbocycles. The zero-order valence-electron chi connectivity index (χ0n) is 10.4. The fraction of sp³-hybridized carbons (Fsp3) is 0.214. The first-order valence-electron chi connectivity index (χ1n) is 5.69. The molecule has 0 aliphatic heterocycles. The molecule has 0 atom stereocenters. The molecule has 0 unspecified atom stereocenters. The molecule has 0 saturated heterocycles. The molecule has 0 aliphatic carbocycles. The molecule has 18 heavy (non-hydrogen) atoms. The van der Waals surface area contributed by atoms with Crippen LogP contribution in [0.25, 0.3) is 10.8 Å². The third-order valence-electron chi connectivity index (χ3n) is 2.40. The predicted octanol–water partition coefficient (Wildman–Crippen LogP) is 1.93. The Hall–Kier alpha value is -2.07. The van der Waals surface area contributed by atoms with E-state index in [-0.39, 0.29) is 5.97 Å². The Labute approximate surface area is 107 Å². The average Bonchev–Trinajstić information content (AvgIpc) is 2.40. The Balaban J connectivity index is 0.000000203.